The van der Waals surface area contributed by atoms with Crippen LogP contribution < -0.4 is 20.9 Å². The Morgan fingerprint density at radius 3 is 2.36 bits per heavy atom. The molecule has 2 aromatic carbocycles. The van der Waals surface area contributed by atoms with Crippen molar-refractivity contribution in [2.45, 2.75) is 52.1 Å². The summed E-state index contributed by atoms with van der Waals surface area (Å²) in [5, 5.41) is 14.6. The molecule has 0 aliphatic heterocycles. The second-order valence-electron chi connectivity index (χ2n) is 9.76. The molecular weight excluding hydrogens is 458 g/mol. The largest absolute Gasteiger partial charge is 0.496 e. The number of carboxylic acids is 1. The molecule has 1 aromatic heterocycles. The lowest BCUT2D eigenvalue weighted by atomic mass is 9.85. The minimum absolute atomic E-state index is 0.0823. The lowest BCUT2D eigenvalue weighted by Gasteiger charge is -2.24. The Kier molecular flexibility index (Phi) is 8.19. The number of rotatable bonds is 8. The van der Waals surface area contributed by atoms with Gasteiger partial charge >= 0.3 is 12.0 Å². The maximum atomic E-state index is 13.1. The molecule has 8 heteroatoms. The number of urea groups is 1. The smallest absolute Gasteiger partial charge is 0.319 e. The van der Waals surface area contributed by atoms with Crippen LogP contribution in [0.1, 0.15) is 55.5 Å². The Balaban J connectivity index is 1.82. The van der Waals surface area contributed by atoms with Gasteiger partial charge < -0.3 is 25.0 Å². The highest BCUT2D eigenvalue weighted by atomic mass is 16.5. The summed E-state index contributed by atoms with van der Waals surface area (Å²) in [6.07, 6.45) is 1.35. The van der Waals surface area contributed by atoms with Crippen molar-refractivity contribution in [3.8, 4) is 5.75 Å². The molecule has 190 valence electrons. The Morgan fingerprint density at radius 2 is 1.75 bits per heavy atom. The van der Waals surface area contributed by atoms with Crippen LogP contribution in [-0.2, 0) is 16.8 Å². The van der Waals surface area contributed by atoms with E-state index >= 15 is 0 Å². The molecule has 8 nitrogen and oxygen atoms in total. The van der Waals surface area contributed by atoms with Gasteiger partial charge in [-0.1, -0.05) is 68.8 Å². The molecule has 36 heavy (non-hydrogen) atoms. The first kappa shape index (κ1) is 26.5. The van der Waals surface area contributed by atoms with Crippen molar-refractivity contribution < 1.29 is 19.4 Å². The van der Waals surface area contributed by atoms with Crippen molar-refractivity contribution in [2.24, 2.45) is 0 Å². The zero-order valence-electron chi connectivity index (χ0n) is 21.3. The van der Waals surface area contributed by atoms with Crippen molar-refractivity contribution in [3.05, 3.63) is 93.4 Å². The zero-order valence-corrected chi connectivity index (χ0v) is 21.3. The van der Waals surface area contributed by atoms with Crippen LogP contribution >= 0.6 is 0 Å². The van der Waals surface area contributed by atoms with Gasteiger partial charge in [0.15, 0.2) is 0 Å². The summed E-state index contributed by atoms with van der Waals surface area (Å²) in [5.74, 6) is -0.322. The van der Waals surface area contributed by atoms with Crippen LogP contribution in [0.15, 0.2) is 65.6 Å². The number of benzene rings is 2. The number of pyridine rings is 1. The molecule has 1 atom stereocenters. The molecule has 0 unspecified atom stereocenters. The summed E-state index contributed by atoms with van der Waals surface area (Å²) in [7, 11) is 1.61. The Hall–Kier alpha value is -4.07. The van der Waals surface area contributed by atoms with E-state index in [0.717, 1.165) is 22.4 Å². The lowest BCUT2D eigenvalue weighted by molar-refractivity contribution is -0.137. The van der Waals surface area contributed by atoms with Crippen LogP contribution in [0.2, 0.25) is 0 Å². The number of amides is 2. The van der Waals surface area contributed by atoms with Gasteiger partial charge in [-0.25, -0.2) is 4.79 Å². The highest BCUT2D eigenvalue weighted by Gasteiger charge is 2.22. The fraction of sp³-hybridized carbons (Fsp3) is 0.321. The highest BCUT2D eigenvalue weighted by Crippen LogP contribution is 2.34. The molecule has 0 aliphatic carbocycles. The number of carboxylic acid groups (broad SMARTS) is 1. The fourth-order valence-corrected chi connectivity index (χ4v) is 4.02. The summed E-state index contributed by atoms with van der Waals surface area (Å²) in [5.41, 5.74) is 3.11. The number of hydrogen-bond acceptors (Lipinski definition) is 4. The second kappa shape index (κ2) is 11.1. The van der Waals surface area contributed by atoms with Crippen molar-refractivity contribution in [1.29, 1.82) is 0 Å². The van der Waals surface area contributed by atoms with Gasteiger partial charge in [0.05, 0.1) is 26.1 Å². The monoisotopic (exact) mass is 491 g/mol. The number of anilines is 1. The number of hydrogen-bond donors (Lipinski definition) is 3. The third kappa shape index (κ3) is 6.53. The number of ether oxygens (including phenoxy) is 1. The van der Waals surface area contributed by atoms with Gasteiger partial charge in [0.2, 0.25) is 0 Å². The van der Waals surface area contributed by atoms with Crippen LogP contribution in [0.3, 0.4) is 0 Å². The third-order valence-corrected chi connectivity index (χ3v) is 5.88. The standard InChI is InChI=1S/C28H33N3O5/c1-18-11-13-19(14-12-18)23(16-24(32)33)30-27(35)29-22-10-7-15-31(26(22)34)17-20-8-6-9-21(25(20)36-5)28(2,3)4/h6-15,23H,16-17H2,1-5H3,(H,32,33)(H2,29,30,35)/t23-/m0/s1. The molecule has 0 aliphatic rings. The summed E-state index contributed by atoms with van der Waals surface area (Å²) in [6, 6.07) is 14.9. The Labute approximate surface area is 210 Å². The van der Waals surface area contributed by atoms with Crippen molar-refractivity contribution >= 4 is 17.7 Å². The molecule has 0 radical (unpaired) electrons. The van der Waals surface area contributed by atoms with E-state index < -0.39 is 18.0 Å². The van der Waals surface area contributed by atoms with Gasteiger partial charge in [0, 0.05) is 11.8 Å². The number of methoxy groups -OCH3 is 1. The summed E-state index contributed by atoms with van der Waals surface area (Å²) in [6.45, 7) is 8.47. The number of carbonyl (C=O) groups is 2. The Bertz CT molecular complexity index is 1290. The molecule has 3 N–H and O–H groups in total. The number of aryl methyl sites for hydroxylation is 1. The highest BCUT2D eigenvalue weighted by molar-refractivity contribution is 5.89. The SMILES string of the molecule is COc1c(Cn2cccc(NC(=O)N[C@@H](CC(=O)O)c3ccc(C)cc3)c2=O)cccc1C(C)(C)C. The maximum absolute atomic E-state index is 13.1. The summed E-state index contributed by atoms with van der Waals surface area (Å²) >= 11 is 0. The zero-order chi connectivity index (χ0) is 26.5. The molecular formula is C28H33N3O5. The molecule has 0 fully saturated rings. The predicted octanol–water partition coefficient (Wildman–Crippen LogP) is 4.85. The second-order valence-corrected chi connectivity index (χ2v) is 9.76. The van der Waals surface area contributed by atoms with Crippen molar-refractivity contribution in [1.82, 2.24) is 9.88 Å². The average Bonchev–Trinajstić information content (AvgIpc) is 2.80. The summed E-state index contributed by atoms with van der Waals surface area (Å²) < 4.78 is 7.19. The van der Waals surface area contributed by atoms with Gasteiger partial charge in [-0.3, -0.25) is 9.59 Å². The van der Waals surface area contributed by atoms with Gasteiger partial charge in [-0.15, -0.1) is 0 Å². The van der Waals surface area contributed by atoms with E-state index in [2.05, 4.69) is 31.4 Å². The molecule has 2 amide bonds. The fourth-order valence-electron chi connectivity index (χ4n) is 4.02. The van der Waals surface area contributed by atoms with Crippen LogP contribution in [-0.4, -0.2) is 28.8 Å². The normalized spacial score (nSPS) is 12.0. The predicted molar refractivity (Wildman–Crippen MR) is 140 cm³/mol. The molecule has 0 saturated heterocycles. The summed E-state index contributed by atoms with van der Waals surface area (Å²) in [4.78, 5) is 37.3. The van der Waals surface area contributed by atoms with E-state index in [-0.39, 0.29) is 29.6 Å². The molecule has 1 heterocycles. The van der Waals surface area contributed by atoms with Crippen LogP contribution in [0.5, 0.6) is 5.75 Å². The van der Waals surface area contributed by atoms with Gasteiger partial charge in [-0.2, -0.15) is 0 Å². The number of aromatic nitrogens is 1. The van der Waals surface area contributed by atoms with Crippen molar-refractivity contribution in [3.63, 3.8) is 0 Å². The number of aliphatic carboxylic acids is 1. The number of nitrogens with one attached hydrogen (secondary N) is 2. The Morgan fingerprint density at radius 1 is 1.06 bits per heavy atom. The number of nitrogens with zero attached hydrogens (tertiary/aromatic N) is 1. The van der Waals surface area contributed by atoms with E-state index in [9.17, 15) is 19.5 Å². The first-order valence-corrected chi connectivity index (χ1v) is 11.7. The topological polar surface area (TPSA) is 110 Å². The van der Waals surface area contributed by atoms with E-state index in [1.54, 1.807) is 31.5 Å². The van der Waals surface area contributed by atoms with E-state index in [0.29, 0.717) is 5.56 Å². The minimum Gasteiger partial charge on any atom is -0.496 e. The minimum atomic E-state index is -1.05. The number of carbonyl (C=O) groups excluding carboxylic acids is 1. The van der Waals surface area contributed by atoms with Gasteiger partial charge in [0.1, 0.15) is 11.4 Å². The molecule has 0 spiro atoms. The molecule has 0 saturated carbocycles. The molecule has 3 aromatic rings. The quantitative estimate of drug-likeness (QED) is 0.417. The van der Waals surface area contributed by atoms with E-state index in [1.165, 1.54) is 10.6 Å². The van der Waals surface area contributed by atoms with E-state index in [1.807, 2.05) is 37.3 Å². The molecule has 3 rings (SSSR count). The van der Waals surface area contributed by atoms with Crippen molar-refractivity contribution in [2.75, 3.05) is 12.4 Å². The van der Waals surface area contributed by atoms with Crippen LogP contribution in [0.25, 0.3) is 0 Å². The van der Waals surface area contributed by atoms with Gasteiger partial charge in [0.25, 0.3) is 5.56 Å². The average molecular weight is 492 g/mol. The molecule has 0 bridgehead atoms. The lowest BCUT2D eigenvalue weighted by Crippen LogP contribution is -2.36. The van der Waals surface area contributed by atoms with E-state index in [4.69, 9.17) is 4.74 Å². The number of para-hydroxylation sites is 1. The first-order chi connectivity index (χ1) is 17.0. The van der Waals surface area contributed by atoms with Gasteiger partial charge in [-0.05, 0) is 35.6 Å². The maximum Gasteiger partial charge on any atom is 0.319 e. The van der Waals surface area contributed by atoms with Crippen LogP contribution in [0.4, 0.5) is 10.5 Å². The third-order valence-electron chi connectivity index (χ3n) is 5.88. The van der Waals surface area contributed by atoms with Crippen LogP contribution in [0, 0.1) is 6.92 Å². The first-order valence-electron chi connectivity index (χ1n) is 11.7.